The van der Waals surface area contributed by atoms with E-state index in [1.807, 2.05) is 36.4 Å². The van der Waals surface area contributed by atoms with Crippen LogP contribution in [0.2, 0.25) is 0 Å². The molecular weight excluding hydrogens is 464 g/mol. The van der Waals surface area contributed by atoms with Gasteiger partial charge in [-0.15, -0.1) is 0 Å². The summed E-state index contributed by atoms with van der Waals surface area (Å²) in [6, 6.07) is 19.0. The Labute approximate surface area is 210 Å². The molecule has 37 heavy (non-hydrogen) atoms. The third kappa shape index (κ3) is 3.84. The van der Waals surface area contributed by atoms with Gasteiger partial charge in [0.15, 0.2) is 23.3 Å². The third-order valence-corrected chi connectivity index (χ3v) is 5.89. The smallest absolute Gasteiger partial charge is 0.178 e. The molecule has 0 spiro atoms. The van der Waals surface area contributed by atoms with Crippen molar-refractivity contribution < 1.29 is 4.42 Å². The molecule has 0 fully saturated rings. The van der Waals surface area contributed by atoms with Crippen molar-refractivity contribution in [1.82, 2.24) is 39.9 Å². The van der Waals surface area contributed by atoms with Crippen LogP contribution in [-0.2, 0) is 0 Å². The van der Waals surface area contributed by atoms with Crippen LogP contribution in [0.15, 0.2) is 102 Å². The van der Waals surface area contributed by atoms with E-state index in [0.717, 1.165) is 33.1 Å². The highest BCUT2D eigenvalue weighted by atomic mass is 16.3. The Hall–Kier alpha value is -5.44. The summed E-state index contributed by atoms with van der Waals surface area (Å²) in [6.07, 6.45) is 10.2. The summed E-state index contributed by atoms with van der Waals surface area (Å²) >= 11 is 0. The van der Waals surface area contributed by atoms with Gasteiger partial charge in [-0.1, -0.05) is 0 Å². The quantitative estimate of drug-likeness (QED) is 0.326. The van der Waals surface area contributed by atoms with Crippen LogP contribution >= 0.6 is 0 Å². The van der Waals surface area contributed by atoms with Crippen molar-refractivity contribution in [3.8, 4) is 45.8 Å². The summed E-state index contributed by atoms with van der Waals surface area (Å²) in [6.45, 7) is 0. The molecule has 0 saturated carbocycles. The van der Waals surface area contributed by atoms with Crippen molar-refractivity contribution in [3.63, 3.8) is 0 Å². The lowest BCUT2D eigenvalue weighted by Crippen LogP contribution is -1.95. The van der Waals surface area contributed by atoms with E-state index in [-0.39, 0.29) is 0 Å². The van der Waals surface area contributed by atoms with Crippen molar-refractivity contribution in [3.05, 3.63) is 97.8 Å². The number of hydrogen-bond donors (Lipinski definition) is 0. The summed E-state index contributed by atoms with van der Waals surface area (Å²) in [5.74, 6) is 2.26. The molecule has 7 aromatic rings. The highest BCUT2D eigenvalue weighted by Crippen LogP contribution is 2.34. The fourth-order valence-electron chi connectivity index (χ4n) is 4.16. The molecule has 0 saturated heterocycles. The monoisotopic (exact) mass is 480 g/mol. The lowest BCUT2D eigenvalue weighted by atomic mass is 10.1. The Bertz CT molecular complexity index is 1750. The number of furan rings is 1. The molecule has 0 radical (unpaired) electrons. The number of fused-ring (bicyclic) bond motifs is 3. The molecule has 5 aromatic heterocycles. The molecule has 0 aliphatic heterocycles. The molecule has 0 aliphatic carbocycles. The van der Waals surface area contributed by atoms with E-state index in [4.69, 9.17) is 4.42 Å². The van der Waals surface area contributed by atoms with Gasteiger partial charge in [-0.05, 0) is 60.7 Å². The first-order chi connectivity index (χ1) is 18.3. The topological polar surface area (TPSA) is 116 Å². The van der Waals surface area contributed by atoms with Crippen LogP contribution in [0, 0.1) is 0 Å². The minimum Gasteiger partial charge on any atom is -0.456 e. The number of benzene rings is 2. The molecule has 174 valence electrons. The molecule has 0 bridgehead atoms. The van der Waals surface area contributed by atoms with Crippen LogP contribution in [0.4, 0.5) is 0 Å². The molecule has 9 heteroatoms. The van der Waals surface area contributed by atoms with Gasteiger partial charge in [-0.2, -0.15) is 0 Å². The molecule has 0 atom stereocenters. The summed E-state index contributed by atoms with van der Waals surface area (Å²) < 4.78 is 6.10. The molecule has 0 amide bonds. The third-order valence-electron chi connectivity index (χ3n) is 5.89. The van der Waals surface area contributed by atoms with Gasteiger partial charge in [0, 0.05) is 59.1 Å². The van der Waals surface area contributed by atoms with Crippen LogP contribution in [-0.4, -0.2) is 39.9 Å². The molecule has 5 heterocycles. The second-order valence-electron chi connectivity index (χ2n) is 8.20. The molecule has 2 aromatic carbocycles. The molecular formula is C28H16N8O. The van der Waals surface area contributed by atoms with E-state index >= 15 is 0 Å². The van der Waals surface area contributed by atoms with Gasteiger partial charge in [-0.25, -0.2) is 39.9 Å². The predicted octanol–water partition coefficient (Wildman–Crippen LogP) is 5.41. The van der Waals surface area contributed by atoms with E-state index in [9.17, 15) is 0 Å². The number of rotatable bonds is 4. The first kappa shape index (κ1) is 20.9. The Kier molecular flexibility index (Phi) is 4.88. The first-order valence-corrected chi connectivity index (χ1v) is 11.5. The van der Waals surface area contributed by atoms with E-state index < -0.39 is 0 Å². The fourth-order valence-corrected chi connectivity index (χ4v) is 4.16. The molecule has 7 rings (SSSR count). The predicted molar refractivity (Wildman–Crippen MR) is 138 cm³/mol. The van der Waals surface area contributed by atoms with Gasteiger partial charge in [0.05, 0.1) is 0 Å². The highest BCUT2D eigenvalue weighted by molar-refractivity contribution is 6.07. The van der Waals surface area contributed by atoms with Gasteiger partial charge in [0.1, 0.15) is 22.6 Å². The van der Waals surface area contributed by atoms with Gasteiger partial charge in [0.2, 0.25) is 0 Å². The van der Waals surface area contributed by atoms with Crippen molar-refractivity contribution in [1.29, 1.82) is 0 Å². The lowest BCUT2D eigenvalue weighted by molar-refractivity contribution is 0.669. The SMILES string of the molecule is c1cnc(-c2ccnc(-c3ccc4oc5ccc(-c6nccc(-c7ncccn7)n6)cc5c4c3)n2)nc1. The second-order valence-corrected chi connectivity index (χ2v) is 8.20. The maximum absolute atomic E-state index is 6.10. The van der Waals surface area contributed by atoms with Gasteiger partial charge in [0.25, 0.3) is 0 Å². The standard InChI is InChI=1S/C28H16N8O/c1-9-29-27(30-10-1)21-7-13-33-25(35-21)17-3-5-23-19(15-17)20-16-18(4-6-24(20)37-23)26-34-14-8-22(36-26)28-31-11-2-12-32-28/h1-16H. The van der Waals surface area contributed by atoms with E-state index in [1.54, 1.807) is 61.4 Å². The number of nitrogens with zero attached hydrogens (tertiary/aromatic N) is 8. The lowest BCUT2D eigenvalue weighted by Gasteiger charge is -2.04. The zero-order valence-corrected chi connectivity index (χ0v) is 19.2. The van der Waals surface area contributed by atoms with Gasteiger partial charge >= 0.3 is 0 Å². The van der Waals surface area contributed by atoms with Crippen LogP contribution in [0.1, 0.15) is 0 Å². The van der Waals surface area contributed by atoms with E-state index in [0.29, 0.717) is 34.7 Å². The van der Waals surface area contributed by atoms with Crippen molar-refractivity contribution in [2.75, 3.05) is 0 Å². The van der Waals surface area contributed by atoms with E-state index in [1.165, 1.54) is 0 Å². The largest absolute Gasteiger partial charge is 0.456 e. The summed E-state index contributed by atoms with van der Waals surface area (Å²) in [5, 5.41) is 1.89. The number of hydrogen-bond acceptors (Lipinski definition) is 9. The highest BCUT2D eigenvalue weighted by Gasteiger charge is 2.14. The average molecular weight is 480 g/mol. The minimum atomic E-state index is 0.550. The zero-order chi connectivity index (χ0) is 24.6. The summed E-state index contributed by atoms with van der Waals surface area (Å²) in [7, 11) is 0. The van der Waals surface area contributed by atoms with Crippen LogP contribution in [0.25, 0.3) is 67.8 Å². The average Bonchev–Trinajstić information content (AvgIpc) is 3.35. The Balaban J connectivity index is 1.32. The first-order valence-electron chi connectivity index (χ1n) is 11.5. The molecule has 9 nitrogen and oxygen atoms in total. The van der Waals surface area contributed by atoms with Gasteiger partial charge < -0.3 is 4.42 Å². The van der Waals surface area contributed by atoms with Crippen molar-refractivity contribution in [2.24, 2.45) is 0 Å². The Morgan fingerprint density at radius 1 is 0.432 bits per heavy atom. The van der Waals surface area contributed by atoms with Crippen LogP contribution in [0.5, 0.6) is 0 Å². The summed E-state index contributed by atoms with van der Waals surface area (Å²) in [5.41, 5.74) is 4.57. The van der Waals surface area contributed by atoms with Crippen molar-refractivity contribution in [2.45, 2.75) is 0 Å². The summed E-state index contributed by atoms with van der Waals surface area (Å²) in [4.78, 5) is 35.5. The van der Waals surface area contributed by atoms with Crippen molar-refractivity contribution >= 4 is 21.9 Å². The Morgan fingerprint density at radius 3 is 1.32 bits per heavy atom. The fraction of sp³-hybridized carbons (Fsp3) is 0. The maximum atomic E-state index is 6.10. The Morgan fingerprint density at radius 2 is 0.865 bits per heavy atom. The van der Waals surface area contributed by atoms with Crippen LogP contribution in [0.3, 0.4) is 0 Å². The van der Waals surface area contributed by atoms with Crippen LogP contribution < -0.4 is 0 Å². The maximum Gasteiger partial charge on any atom is 0.178 e. The number of aromatic nitrogens is 8. The van der Waals surface area contributed by atoms with Gasteiger partial charge in [-0.3, -0.25) is 0 Å². The molecule has 0 unspecified atom stereocenters. The molecule has 0 N–H and O–H groups in total. The molecule has 0 aliphatic rings. The van der Waals surface area contributed by atoms with E-state index in [2.05, 4.69) is 39.9 Å². The normalized spacial score (nSPS) is 11.2. The minimum absolute atomic E-state index is 0.550. The second kappa shape index (κ2) is 8.65. The zero-order valence-electron chi connectivity index (χ0n) is 19.2.